The van der Waals surface area contributed by atoms with E-state index in [0.29, 0.717) is 60.7 Å². The Labute approximate surface area is 335 Å². The number of thiazole rings is 2. The molecule has 4 rings (SSSR count). The third-order valence-electron chi connectivity index (χ3n) is 9.32. The smallest absolute Gasteiger partial charge is 0.243 e. The van der Waals surface area contributed by atoms with Gasteiger partial charge in [0.05, 0.1) is 21.2 Å². The molecule has 0 saturated heterocycles. The number of anilines is 2. The number of hydrogen-bond acceptors (Lipinski definition) is 11. The number of aliphatic hydroxyl groups excluding tert-OH is 1. The molecule has 0 radical (unpaired) electrons. The summed E-state index contributed by atoms with van der Waals surface area (Å²) in [6.07, 6.45) is 8.70. The lowest BCUT2D eigenvalue weighted by Crippen LogP contribution is -2.31. The van der Waals surface area contributed by atoms with Crippen LogP contribution in [0.25, 0.3) is 22.5 Å². The molecule has 12 nitrogen and oxygen atoms in total. The number of aromatic nitrogens is 2. The zero-order chi connectivity index (χ0) is 39.8. The standard InChI is InChI=1S/C39H56N6O6S4/c1-5-9-14-17-36(46)42-38-40-35(29-52-38)31-21-25-33(26-22-31)55(50,51)45(8-4)27-16-13-11-10-12-15-18-37(47)43-39-41-34(28-53-39)30-19-23-32(24-20-30)54(48,49)44(6-2)7-3/h19-26,28-29,37,47H,5-18,27H2,1-4H3,(H,41,43)(H,40,42,46). The van der Waals surface area contributed by atoms with Gasteiger partial charge in [0.15, 0.2) is 10.3 Å². The average molecular weight is 833 g/mol. The van der Waals surface area contributed by atoms with Crippen molar-refractivity contribution < 1.29 is 26.7 Å². The summed E-state index contributed by atoms with van der Waals surface area (Å²) >= 11 is 2.74. The molecule has 0 aliphatic heterocycles. The van der Waals surface area contributed by atoms with E-state index in [2.05, 4.69) is 27.5 Å². The van der Waals surface area contributed by atoms with Crippen molar-refractivity contribution in [2.45, 2.75) is 114 Å². The van der Waals surface area contributed by atoms with Gasteiger partial charge in [-0.05, 0) is 49.9 Å². The van der Waals surface area contributed by atoms with Crippen LogP contribution in [0.3, 0.4) is 0 Å². The number of unbranched alkanes of at least 4 members (excludes halogenated alkanes) is 7. The fourth-order valence-corrected chi connectivity index (χ4v) is 10.6. The van der Waals surface area contributed by atoms with Gasteiger partial charge in [-0.15, -0.1) is 22.7 Å². The second-order valence-electron chi connectivity index (χ2n) is 13.3. The third kappa shape index (κ3) is 12.9. The maximum absolute atomic E-state index is 13.4. The normalized spacial score (nSPS) is 12.7. The van der Waals surface area contributed by atoms with E-state index in [1.807, 2.05) is 31.5 Å². The number of nitrogens with zero attached hydrogens (tertiary/aromatic N) is 4. The fourth-order valence-electron chi connectivity index (χ4n) is 6.11. The molecular weight excluding hydrogens is 777 g/mol. The molecule has 1 unspecified atom stereocenters. The van der Waals surface area contributed by atoms with Crippen LogP contribution in [0.4, 0.5) is 10.3 Å². The molecule has 16 heteroatoms. The second kappa shape index (κ2) is 21.9. The van der Waals surface area contributed by atoms with E-state index in [9.17, 15) is 26.7 Å². The maximum Gasteiger partial charge on any atom is 0.243 e. The topological polar surface area (TPSA) is 162 Å². The van der Waals surface area contributed by atoms with Crippen LogP contribution in [0.2, 0.25) is 0 Å². The Morgan fingerprint density at radius 2 is 1.16 bits per heavy atom. The lowest BCUT2D eigenvalue weighted by atomic mass is 10.1. The third-order valence-corrected chi connectivity index (χ3v) is 14.9. The van der Waals surface area contributed by atoms with E-state index < -0.39 is 26.3 Å². The van der Waals surface area contributed by atoms with Crippen molar-refractivity contribution >= 4 is 58.9 Å². The Kier molecular flexibility index (Phi) is 17.7. The number of hydrogen-bond donors (Lipinski definition) is 3. The first-order chi connectivity index (χ1) is 26.4. The van der Waals surface area contributed by atoms with Crippen LogP contribution in [-0.2, 0) is 24.8 Å². The van der Waals surface area contributed by atoms with Crippen LogP contribution in [-0.4, -0.2) is 78.8 Å². The van der Waals surface area contributed by atoms with Crippen molar-refractivity contribution in [1.82, 2.24) is 18.6 Å². The van der Waals surface area contributed by atoms with Crippen molar-refractivity contribution in [3.63, 3.8) is 0 Å². The van der Waals surface area contributed by atoms with Crippen LogP contribution >= 0.6 is 22.7 Å². The van der Waals surface area contributed by atoms with Gasteiger partial charge in [0, 0.05) is 54.5 Å². The molecule has 0 bridgehead atoms. The van der Waals surface area contributed by atoms with Gasteiger partial charge in [-0.2, -0.15) is 8.61 Å². The van der Waals surface area contributed by atoms with Crippen LogP contribution in [0.15, 0.2) is 69.1 Å². The summed E-state index contributed by atoms with van der Waals surface area (Å²) in [5.74, 6) is -0.0442. The molecule has 1 amide bonds. The van der Waals surface area contributed by atoms with Crippen LogP contribution in [0.1, 0.15) is 98.3 Å². The minimum absolute atomic E-state index is 0.0442. The summed E-state index contributed by atoms with van der Waals surface area (Å²) in [6, 6.07) is 13.5. The van der Waals surface area contributed by atoms with Gasteiger partial charge in [-0.25, -0.2) is 26.8 Å². The highest BCUT2D eigenvalue weighted by atomic mass is 32.2. The molecule has 0 spiro atoms. The van der Waals surface area contributed by atoms with Gasteiger partial charge in [-0.1, -0.05) is 90.5 Å². The molecule has 302 valence electrons. The van der Waals surface area contributed by atoms with Gasteiger partial charge >= 0.3 is 0 Å². The molecule has 3 N–H and O–H groups in total. The van der Waals surface area contributed by atoms with Crippen LogP contribution in [0.5, 0.6) is 0 Å². The number of carbonyl (C=O) groups is 1. The van der Waals surface area contributed by atoms with Crippen molar-refractivity contribution in [3.05, 3.63) is 59.3 Å². The molecular formula is C39H56N6O6S4. The Morgan fingerprint density at radius 1 is 0.673 bits per heavy atom. The zero-order valence-electron chi connectivity index (χ0n) is 32.4. The predicted octanol–water partition coefficient (Wildman–Crippen LogP) is 8.65. The first-order valence-corrected chi connectivity index (χ1v) is 23.9. The lowest BCUT2D eigenvalue weighted by Gasteiger charge is -2.20. The van der Waals surface area contributed by atoms with Gasteiger partial charge in [-0.3, -0.25) is 4.79 Å². The van der Waals surface area contributed by atoms with E-state index in [1.165, 1.54) is 31.3 Å². The van der Waals surface area contributed by atoms with Gasteiger partial charge in [0.2, 0.25) is 26.0 Å². The molecule has 55 heavy (non-hydrogen) atoms. The summed E-state index contributed by atoms with van der Waals surface area (Å²) < 4.78 is 55.3. The number of sulfonamides is 2. The largest absolute Gasteiger partial charge is 0.374 e. The summed E-state index contributed by atoms with van der Waals surface area (Å²) in [5, 5.41) is 21.3. The Bertz CT molecular complexity index is 1980. The van der Waals surface area contributed by atoms with Gasteiger partial charge < -0.3 is 15.7 Å². The summed E-state index contributed by atoms with van der Waals surface area (Å²) in [7, 11) is -7.16. The van der Waals surface area contributed by atoms with Crippen LogP contribution < -0.4 is 10.6 Å². The van der Waals surface area contributed by atoms with E-state index in [0.717, 1.165) is 68.9 Å². The van der Waals surface area contributed by atoms with E-state index >= 15 is 0 Å². The van der Waals surface area contributed by atoms with Gasteiger partial charge in [0.1, 0.15) is 6.23 Å². The molecule has 0 aliphatic carbocycles. The molecule has 2 aromatic heterocycles. The van der Waals surface area contributed by atoms with E-state index in [4.69, 9.17) is 0 Å². The molecule has 2 aromatic carbocycles. The zero-order valence-corrected chi connectivity index (χ0v) is 35.6. The fraction of sp³-hybridized carbons (Fsp3) is 0.513. The number of nitrogens with one attached hydrogen (secondary N) is 2. The summed E-state index contributed by atoms with van der Waals surface area (Å²) in [5.41, 5.74) is 2.99. The summed E-state index contributed by atoms with van der Waals surface area (Å²) in [4.78, 5) is 21.7. The monoisotopic (exact) mass is 832 g/mol. The quantitative estimate of drug-likeness (QED) is 0.0438. The first kappa shape index (κ1) is 44.5. The molecule has 1 atom stereocenters. The highest BCUT2D eigenvalue weighted by molar-refractivity contribution is 7.89. The minimum Gasteiger partial charge on any atom is -0.374 e. The lowest BCUT2D eigenvalue weighted by molar-refractivity contribution is -0.116. The second-order valence-corrected chi connectivity index (χ2v) is 18.9. The maximum atomic E-state index is 13.4. The Balaban J connectivity index is 1.13. The van der Waals surface area contributed by atoms with Crippen molar-refractivity contribution in [1.29, 1.82) is 0 Å². The highest BCUT2D eigenvalue weighted by Gasteiger charge is 2.23. The predicted molar refractivity (Wildman–Crippen MR) is 224 cm³/mol. The SMILES string of the molecule is CCCCCC(=O)Nc1nc(-c2ccc(S(=O)(=O)N(CC)CCCCCCCCC(O)Nc3nc(-c4ccc(S(=O)(=O)N(CC)CC)cc4)cs3)cc2)cs1. The molecule has 0 saturated carbocycles. The minimum atomic E-state index is -3.64. The molecule has 0 fully saturated rings. The number of benzene rings is 2. The van der Waals surface area contributed by atoms with Gasteiger partial charge in [0.25, 0.3) is 0 Å². The molecule has 0 aliphatic rings. The van der Waals surface area contributed by atoms with E-state index in [1.54, 1.807) is 48.5 Å². The highest BCUT2D eigenvalue weighted by Crippen LogP contribution is 2.29. The average Bonchev–Trinajstić information content (AvgIpc) is 3.84. The number of carbonyl (C=O) groups excluding carboxylic acids is 1. The summed E-state index contributed by atoms with van der Waals surface area (Å²) in [6.45, 7) is 9.25. The van der Waals surface area contributed by atoms with Crippen molar-refractivity contribution in [2.75, 3.05) is 36.8 Å². The number of amides is 1. The van der Waals surface area contributed by atoms with E-state index in [-0.39, 0.29) is 15.7 Å². The van der Waals surface area contributed by atoms with Crippen molar-refractivity contribution in [2.24, 2.45) is 0 Å². The molecule has 2 heterocycles. The Morgan fingerprint density at radius 3 is 1.71 bits per heavy atom. The number of rotatable bonds is 25. The first-order valence-electron chi connectivity index (χ1n) is 19.3. The number of aliphatic hydroxyl groups is 1. The Hall–Kier alpha value is -3.25. The van der Waals surface area contributed by atoms with Crippen LogP contribution in [0, 0.1) is 0 Å². The molecule has 4 aromatic rings. The van der Waals surface area contributed by atoms with Crippen molar-refractivity contribution in [3.8, 4) is 22.5 Å².